The van der Waals surface area contributed by atoms with Gasteiger partial charge in [0, 0.05) is 19.8 Å². The van der Waals surface area contributed by atoms with Gasteiger partial charge in [-0.3, -0.25) is 9.20 Å². The number of halogens is 3. The van der Waals surface area contributed by atoms with Gasteiger partial charge in [0.15, 0.2) is 0 Å². The minimum atomic E-state index is -4.48. The summed E-state index contributed by atoms with van der Waals surface area (Å²) < 4.78 is 40.1. The molecule has 0 radical (unpaired) electrons. The van der Waals surface area contributed by atoms with Gasteiger partial charge < -0.3 is 4.90 Å². The van der Waals surface area contributed by atoms with E-state index in [0.717, 1.165) is 17.8 Å². The molecule has 2 heterocycles. The first-order chi connectivity index (χ1) is 11.8. The minimum absolute atomic E-state index is 0.138. The molecular formula is C18H16F3N3O. The molecule has 0 saturated carbocycles. The zero-order chi connectivity index (χ0) is 18.2. The van der Waals surface area contributed by atoms with Crippen LogP contribution in [-0.4, -0.2) is 27.2 Å². The lowest BCUT2D eigenvalue weighted by Crippen LogP contribution is -2.28. The quantitative estimate of drug-likeness (QED) is 0.720. The highest BCUT2D eigenvalue weighted by Gasteiger charge is 2.32. The van der Waals surface area contributed by atoms with E-state index >= 15 is 0 Å². The van der Waals surface area contributed by atoms with Crippen LogP contribution in [0.25, 0.3) is 5.65 Å². The van der Waals surface area contributed by atoms with Crippen molar-refractivity contribution < 1.29 is 18.0 Å². The Morgan fingerprint density at radius 1 is 1.16 bits per heavy atom. The predicted molar refractivity (Wildman–Crippen MR) is 87.2 cm³/mol. The molecule has 0 unspecified atom stereocenters. The Labute approximate surface area is 142 Å². The summed E-state index contributed by atoms with van der Waals surface area (Å²) in [5.41, 5.74) is 0.948. The second-order valence-electron chi connectivity index (χ2n) is 5.84. The summed E-state index contributed by atoms with van der Waals surface area (Å²) in [5.74, 6) is -0.381. The van der Waals surface area contributed by atoms with Crippen LogP contribution in [0.3, 0.4) is 0 Å². The number of nitrogens with zero attached hydrogens (tertiary/aromatic N) is 3. The number of carbonyl (C=O) groups is 1. The molecule has 2 aromatic heterocycles. The topological polar surface area (TPSA) is 37.6 Å². The van der Waals surface area contributed by atoms with Gasteiger partial charge >= 0.3 is 6.18 Å². The van der Waals surface area contributed by atoms with E-state index in [2.05, 4.69) is 4.98 Å². The summed E-state index contributed by atoms with van der Waals surface area (Å²) >= 11 is 0. The van der Waals surface area contributed by atoms with Crippen LogP contribution >= 0.6 is 0 Å². The van der Waals surface area contributed by atoms with Gasteiger partial charge in [-0.2, -0.15) is 13.2 Å². The minimum Gasteiger partial charge on any atom is -0.336 e. The maximum absolute atomic E-state index is 13.0. The Bertz CT molecular complexity index is 916. The zero-order valence-electron chi connectivity index (χ0n) is 13.7. The summed E-state index contributed by atoms with van der Waals surface area (Å²) in [6, 6.07) is 11.6. The number of rotatable bonds is 3. The van der Waals surface area contributed by atoms with Crippen LogP contribution in [0.5, 0.6) is 0 Å². The van der Waals surface area contributed by atoms with E-state index in [1.54, 1.807) is 14.0 Å². The molecule has 1 aromatic carbocycles. The third-order valence-corrected chi connectivity index (χ3v) is 3.93. The first-order valence-corrected chi connectivity index (χ1v) is 7.62. The Morgan fingerprint density at radius 3 is 2.48 bits per heavy atom. The molecule has 7 heteroatoms. The van der Waals surface area contributed by atoms with E-state index in [9.17, 15) is 18.0 Å². The van der Waals surface area contributed by atoms with Gasteiger partial charge in [-0.15, -0.1) is 0 Å². The van der Waals surface area contributed by atoms with E-state index in [-0.39, 0.29) is 11.6 Å². The highest BCUT2D eigenvalue weighted by atomic mass is 19.4. The fourth-order valence-corrected chi connectivity index (χ4v) is 2.70. The van der Waals surface area contributed by atoms with Gasteiger partial charge in [0.25, 0.3) is 5.91 Å². The number of aromatic nitrogens is 2. The molecule has 0 aliphatic rings. The van der Waals surface area contributed by atoms with Crippen molar-refractivity contribution in [3.63, 3.8) is 0 Å². The summed E-state index contributed by atoms with van der Waals surface area (Å²) in [5, 5.41) is 0. The number of alkyl halides is 3. The third kappa shape index (κ3) is 3.35. The summed E-state index contributed by atoms with van der Waals surface area (Å²) in [6.45, 7) is 1.97. The second kappa shape index (κ2) is 6.23. The van der Waals surface area contributed by atoms with Gasteiger partial charge in [-0.25, -0.2) is 4.98 Å². The standard InChI is InChI=1S/C18H16F3N3O/c1-12-16(17(25)23(2)10-13-6-4-3-5-7-13)24-11-14(18(19,20)21)8-9-15(24)22-12/h3-9,11H,10H2,1-2H3. The van der Waals surface area contributed by atoms with E-state index in [0.29, 0.717) is 17.9 Å². The van der Waals surface area contributed by atoms with Crippen molar-refractivity contribution in [2.45, 2.75) is 19.6 Å². The van der Waals surface area contributed by atoms with E-state index in [1.165, 1.54) is 15.4 Å². The molecular weight excluding hydrogens is 331 g/mol. The molecule has 0 fully saturated rings. The summed E-state index contributed by atoms with van der Waals surface area (Å²) in [6.07, 6.45) is -3.57. The number of hydrogen-bond acceptors (Lipinski definition) is 2. The summed E-state index contributed by atoms with van der Waals surface area (Å²) in [4.78, 5) is 18.4. The first kappa shape index (κ1) is 17.0. The molecule has 0 aliphatic carbocycles. The van der Waals surface area contributed by atoms with Crippen molar-refractivity contribution in [1.82, 2.24) is 14.3 Å². The van der Waals surface area contributed by atoms with Crippen molar-refractivity contribution in [2.24, 2.45) is 0 Å². The van der Waals surface area contributed by atoms with Crippen molar-refractivity contribution in [2.75, 3.05) is 7.05 Å². The predicted octanol–water partition coefficient (Wildman–Crippen LogP) is 3.93. The number of amides is 1. The first-order valence-electron chi connectivity index (χ1n) is 7.62. The Kier molecular flexibility index (Phi) is 4.24. The number of fused-ring (bicyclic) bond motifs is 1. The van der Waals surface area contributed by atoms with Gasteiger partial charge in [0.05, 0.1) is 11.3 Å². The Hall–Kier alpha value is -2.83. The lowest BCUT2D eigenvalue weighted by molar-refractivity contribution is -0.137. The van der Waals surface area contributed by atoms with Crippen molar-refractivity contribution in [1.29, 1.82) is 0 Å². The maximum Gasteiger partial charge on any atom is 0.417 e. The van der Waals surface area contributed by atoms with Gasteiger partial charge in [0.2, 0.25) is 0 Å². The average Bonchev–Trinajstić information content (AvgIpc) is 2.89. The zero-order valence-corrected chi connectivity index (χ0v) is 13.7. The smallest absolute Gasteiger partial charge is 0.336 e. The molecule has 0 saturated heterocycles. The van der Waals surface area contributed by atoms with Crippen LogP contribution in [0.4, 0.5) is 13.2 Å². The molecule has 1 amide bonds. The Morgan fingerprint density at radius 2 is 1.84 bits per heavy atom. The molecule has 0 bridgehead atoms. The third-order valence-electron chi connectivity index (χ3n) is 3.93. The van der Waals surface area contributed by atoms with Crippen molar-refractivity contribution >= 4 is 11.6 Å². The lowest BCUT2D eigenvalue weighted by atomic mass is 10.2. The maximum atomic E-state index is 13.0. The van der Waals surface area contributed by atoms with E-state index in [4.69, 9.17) is 0 Å². The number of benzene rings is 1. The number of pyridine rings is 1. The van der Waals surface area contributed by atoms with Gasteiger partial charge in [0.1, 0.15) is 11.3 Å². The SMILES string of the molecule is Cc1nc2ccc(C(F)(F)F)cn2c1C(=O)N(C)Cc1ccccc1. The van der Waals surface area contributed by atoms with Crippen LogP contribution < -0.4 is 0 Å². The number of aryl methyl sites for hydroxylation is 1. The van der Waals surface area contributed by atoms with Crippen molar-refractivity contribution in [3.05, 3.63) is 71.2 Å². The number of imidazole rings is 1. The molecule has 0 atom stereocenters. The lowest BCUT2D eigenvalue weighted by Gasteiger charge is -2.18. The fraction of sp³-hybridized carbons (Fsp3) is 0.222. The summed E-state index contributed by atoms with van der Waals surface area (Å²) in [7, 11) is 1.61. The van der Waals surface area contributed by atoms with Crippen molar-refractivity contribution in [3.8, 4) is 0 Å². The molecule has 4 nitrogen and oxygen atoms in total. The van der Waals surface area contributed by atoms with E-state index in [1.807, 2.05) is 30.3 Å². The largest absolute Gasteiger partial charge is 0.417 e. The monoisotopic (exact) mass is 347 g/mol. The highest BCUT2D eigenvalue weighted by molar-refractivity contribution is 5.94. The normalized spacial score (nSPS) is 11.7. The van der Waals surface area contributed by atoms with Crippen LogP contribution in [0.15, 0.2) is 48.7 Å². The number of hydrogen-bond donors (Lipinski definition) is 0. The molecule has 0 aliphatic heterocycles. The fourth-order valence-electron chi connectivity index (χ4n) is 2.70. The molecule has 0 spiro atoms. The molecule has 3 aromatic rings. The molecule has 25 heavy (non-hydrogen) atoms. The van der Waals surface area contributed by atoms with Crippen LogP contribution in [-0.2, 0) is 12.7 Å². The van der Waals surface area contributed by atoms with Gasteiger partial charge in [-0.1, -0.05) is 30.3 Å². The average molecular weight is 347 g/mol. The number of carbonyl (C=O) groups excluding carboxylic acids is 1. The molecule has 0 N–H and O–H groups in total. The van der Waals surface area contributed by atoms with Gasteiger partial charge in [-0.05, 0) is 24.6 Å². The highest BCUT2D eigenvalue weighted by Crippen LogP contribution is 2.30. The molecule has 130 valence electrons. The molecule has 3 rings (SSSR count). The Balaban J connectivity index is 1.99. The van der Waals surface area contributed by atoms with Crippen LogP contribution in [0.1, 0.15) is 27.3 Å². The van der Waals surface area contributed by atoms with Crippen LogP contribution in [0, 0.1) is 6.92 Å². The van der Waals surface area contributed by atoms with Crippen LogP contribution in [0.2, 0.25) is 0 Å². The second-order valence-corrected chi connectivity index (χ2v) is 5.84. The van der Waals surface area contributed by atoms with E-state index < -0.39 is 11.7 Å².